The molecule has 1 fully saturated rings. The normalized spacial score (nSPS) is 17.2. The topological polar surface area (TPSA) is 92.1 Å². The lowest BCUT2D eigenvalue weighted by Crippen LogP contribution is -2.39. The van der Waals surface area contributed by atoms with Crippen LogP contribution in [0.4, 0.5) is 0 Å². The molecule has 0 bridgehead atoms. The van der Waals surface area contributed by atoms with Gasteiger partial charge in [0.15, 0.2) is 0 Å². The number of hydrogen-bond acceptors (Lipinski definition) is 5. The average Bonchev–Trinajstić information content (AvgIpc) is 3.14. The van der Waals surface area contributed by atoms with Crippen molar-refractivity contribution in [3.8, 4) is 11.4 Å². The standard InChI is InChI=1S/C21H24N4O3/c1-13-5-6-17-15(10-13)11-16(21(27)22-17)20-23-18(28-24-20)7-8-19(26)25-9-3-4-14(2)12-25/h5-6,10-11,14H,3-4,7-9,12H2,1-2H3,(H,22,27)/t14-/m0/s1. The summed E-state index contributed by atoms with van der Waals surface area (Å²) in [5.41, 5.74) is 1.97. The van der Waals surface area contributed by atoms with Gasteiger partial charge in [-0.3, -0.25) is 9.59 Å². The van der Waals surface area contributed by atoms with Gasteiger partial charge < -0.3 is 14.4 Å². The van der Waals surface area contributed by atoms with Crippen LogP contribution >= 0.6 is 0 Å². The zero-order chi connectivity index (χ0) is 19.7. The van der Waals surface area contributed by atoms with Gasteiger partial charge in [0.05, 0.1) is 5.56 Å². The van der Waals surface area contributed by atoms with E-state index < -0.39 is 0 Å². The molecule has 1 amide bonds. The second-order valence-electron chi connectivity index (χ2n) is 7.70. The largest absolute Gasteiger partial charge is 0.342 e. The van der Waals surface area contributed by atoms with Crippen LogP contribution < -0.4 is 5.56 Å². The highest BCUT2D eigenvalue weighted by Gasteiger charge is 2.21. The minimum absolute atomic E-state index is 0.116. The van der Waals surface area contributed by atoms with Crippen molar-refractivity contribution >= 4 is 16.8 Å². The predicted molar refractivity (Wildman–Crippen MR) is 106 cm³/mol. The molecule has 4 rings (SSSR count). The van der Waals surface area contributed by atoms with E-state index in [1.807, 2.05) is 30.0 Å². The number of nitrogens with one attached hydrogen (secondary N) is 1. The molecule has 1 atom stereocenters. The Bertz CT molecular complexity index is 1070. The number of pyridine rings is 1. The summed E-state index contributed by atoms with van der Waals surface area (Å²) in [4.78, 5) is 33.9. The first-order valence-electron chi connectivity index (χ1n) is 9.74. The molecule has 7 heteroatoms. The van der Waals surface area contributed by atoms with Gasteiger partial charge in [-0.15, -0.1) is 0 Å². The van der Waals surface area contributed by atoms with E-state index in [0.717, 1.165) is 36.0 Å². The van der Waals surface area contributed by atoms with E-state index in [-0.39, 0.29) is 17.3 Å². The summed E-state index contributed by atoms with van der Waals surface area (Å²) >= 11 is 0. The summed E-state index contributed by atoms with van der Waals surface area (Å²) in [7, 11) is 0. The Labute approximate surface area is 162 Å². The van der Waals surface area contributed by atoms with Crippen LogP contribution in [-0.2, 0) is 11.2 Å². The molecule has 1 aromatic carbocycles. The lowest BCUT2D eigenvalue weighted by molar-refractivity contribution is -0.132. The molecule has 146 valence electrons. The number of rotatable bonds is 4. The molecule has 0 unspecified atom stereocenters. The summed E-state index contributed by atoms with van der Waals surface area (Å²) in [6, 6.07) is 7.60. The molecule has 1 N–H and O–H groups in total. The van der Waals surface area contributed by atoms with Gasteiger partial charge >= 0.3 is 0 Å². The quantitative estimate of drug-likeness (QED) is 0.751. The summed E-state index contributed by atoms with van der Waals surface area (Å²) in [6.45, 7) is 5.81. The Hall–Kier alpha value is -2.96. The highest BCUT2D eigenvalue weighted by atomic mass is 16.5. The Morgan fingerprint density at radius 2 is 2.21 bits per heavy atom. The number of benzene rings is 1. The van der Waals surface area contributed by atoms with Gasteiger partial charge in [0.25, 0.3) is 5.56 Å². The van der Waals surface area contributed by atoms with Crippen molar-refractivity contribution in [2.24, 2.45) is 5.92 Å². The second kappa shape index (κ2) is 7.58. The third kappa shape index (κ3) is 3.83. The average molecular weight is 380 g/mol. The van der Waals surface area contributed by atoms with Crippen LogP contribution in [0, 0.1) is 12.8 Å². The van der Waals surface area contributed by atoms with E-state index in [1.54, 1.807) is 6.07 Å². The van der Waals surface area contributed by atoms with E-state index in [2.05, 4.69) is 22.0 Å². The molecule has 0 saturated carbocycles. The first-order chi connectivity index (χ1) is 13.5. The van der Waals surface area contributed by atoms with Gasteiger partial charge in [0.1, 0.15) is 0 Å². The lowest BCUT2D eigenvalue weighted by atomic mass is 10.00. The lowest BCUT2D eigenvalue weighted by Gasteiger charge is -2.30. The zero-order valence-corrected chi connectivity index (χ0v) is 16.2. The molecule has 2 aromatic heterocycles. The number of hydrogen-bond donors (Lipinski definition) is 1. The van der Waals surface area contributed by atoms with E-state index in [9.17, 15) is 9.59 Å². The Morgan fingerprint density at radius 3 is 3.04 bits per heavy atom. The molecule has 1 saturated heterocycles. The molecule has 3 heterocycles. The number of aryl methyl sites for hydroxylation is 2. The number of likely N-dealkylation sites (tertiary alicyclic amines) is 1. The summed E-state index contributed by atoms with van der Waals surface area (Å²) in [5.74, 6) is 1.29. The van der Waals surface area contributed by atoms with Gasteiger partial charge in [-0.1, -0.05) is 23.7 Å². The van der Waals surface area contributed by atoms with Crippen LogP contribution in [0.1, 0.15) is 37.6 Å². The summed E-state index contributed by atoms with van der Waals surface area (Å²) < 4.78 is 5.28. The van der Waals surface area contributed by atoms with Gasteiger partial charge in [0, 0.05) is 31.4 Å². The molecule has 0 aliphatic carbocycles. The molecule has 1 aliphatic heterocycles. The molecule has 0 radical (unpaired) electrons. The van der Waals surface area contributed by atoms with Crippen LogP contribution in [0.25, 0.3) is 22.3 Å². The first kappa shape index (κ1) is 18.4. The molecule has 1 aliphatic rings. The van der Waals surface area contributed by atoms with Crippen molar-refractivity contribution in [2.75, 3.05) is 13.1 Å². The van der Waals surface area contributed by atoms with Crippen LogP contribution in [0.5, 0.6) is 0 Å². The third-order valence-electron chi connectivity index (χ3n) is 5.27. The predicted octanol–water partition coefficient (Wildman–Crippen LogP) is 3.08. The molecule has 3 aromatic rings. The fraction of sp³-hybridized carbons (Fsp3) is 0.429. The second-order valence-corrected chi connectivity index (χ2v) is 7.70. The monoisotopic (exact) mass is 380 g/mol. The number of piperidine rings is 1. The van der Waals surface area contributed by atoms with E-state index >= 15 is 0 Å². The van der Waals surface area contributed by atoms with Gasteiger partial charge in [-0.2, -0.15) is 4.98 Å². The fourth-order valence-electron chi connectivity index (χ4n) is 3.75. The van der Waals surface area contributed by atoms with Crippen molar-refractivity contribution in [2.45, 2.75) is 39.5 Å². The summed E-state index contributed by atoms with van der Waals surface area (Å²) in [6.07, 6.45) is 2.95. The number of fused-ring (bicyclic) bond motifs is 1. The fourth-order valence-corrected chi connectivity index (χ4v) is 3.75. The SMILES string of the molecule is Cc1ccc2[nH]c(=O)c(-c3noc(CCC(=O)N4CCC[C@H](C)C4)n3)cc2c1. The number of amides is 1. The van der Waals surface area contributed by atoms with E-state index in [4.69, 9.17) is 4.52 Å². The van der Waals surface area contributed by atoms with Crippen molar-refractivity contribution in [3.63, 3.8) is 0 Å². The maximum absolute atomic E-state index is 12.4. The first-order valence-corrected chi connectivity index (χ1v) is 9.74. The number of nitrogens with zero attached hydrogens (tertiary/aromatic N) is 3. The van der Waals surface area contributed by atoms with Crippen LogP contribution in [0.2, 0.25) is 0 Å². The number of H-pyrrole nitrogens is 1. The maximum atomic E-state index is 12.4. The summed E-state index contributed by atoms with van der Waals surface area (Å²) in [5, 5.41) is 4.86. The van der Waals surface area contributed by atoms with Crippen LogP contribution in [0.15, 0.2) is 33.6 Å². The molecule has 28 heavy (non-hydrogen) atoms. The van der Waals surface area contributed by atoms with Crippen molar-refractivity contribution in [3.05, 3.63) is 46.1 Å². The number of aromatic nitrogens is 3. The molecule has 0 spiro atoms. The minimum atomic E-state index is -0.262. The number of aromatic amines is 1. The molecular formula is C21H24N4O3. The highest BCUT2D eigenvalue weighted by molar-refractivity contribution is 5.83. The Balaban J connectivity index is 1.48. The Morgan fingerprint density at radius 1 is 1.36 bits per heavy atom. The number of carbonyl (C=O) groups excluding carboxylic acids is 1. The van der Waals surface area contributed by atoms with Gasteiger partial charge in [-0.05, 0) is 49.3 Å². The van der Waals surface area contributed by atoms with Crippen LogP contribution in [0.3, 0.4) is 0 Å². The highest BCUT2D eigenvalue weighted by Crippen LogP contribution is 2.20. The third-order valence-corrected chi connectivity index (χ3v) is 5.27. The smallest absolute Gasteiger partial charge is 0.259 e. The zero-order valence-electron chi connectivity index (χ0n) is 16.2. The molecular weight excluding hydrogens is 356 g/mol. The van der Waals surface area contributed by atoms with Crippen molar-refractivity contribution < 1.29 is 9.32 Å². The van der Waals surface area contributed by atoms with E-state index in [0.29, 0.717) is 30.2 Å². The van der Waals surface area contributed by atoms with Gasteiger partial charge in [0.2, 0.25) is 17.6 Å². The van der Waals surface area contributed by atoms with Crippen molar-refractivity contribution in [1.29, 1.82) is 0 Å². The van der Waals surface area contributed by atoms with E-state index in [1.165, 1.54) is 6.42 Å². The van der Waals surface area contributed by atoms with Gasteiger partial charge in [-0.25, -0.2) is 0 Å². The Kier molecular flexibility index (Phi) is 4.98. The van der Waals surface area contributed by atoms with Crippen LogP contribution in [-0.4, -0.2) is 39.0 Å². The van der Waals surface area contributed by atoms with Crippen molar-refractivity contribution in [1.82, 2.24) is 20.0 Å². The number of carbonyl (C=O) groups is 1. The maximum Gasteiger partial charge on any atom is 0.259 e. The molecule has 7 nitrogen and oxygen atoms in total. The minimum Gasteiger partial charge on any atom is -0.342 e.